The smallest absolute Gasteiger partial charge is 0.326 e. The number of rotatable bonds is 22. The molecule has 1 atom stereocenters. The maximum Gasteiger partial charge on any atom is 0.326 e. The molecule has 4 heteroatoms. The number of carboxylic acids is 1. The van der Waals surface area contributed by atoms with Gasteiger partial charge in [0.05, 0.1) is 0 Å². The molecule has 0 aliphatic carbocycles. The van der Waals surface area contributed by atoms with Crippen molar-refractivity contribution in [3.63, 3.8) is 0 Å². The van der Waals surface area contributed by atoms with E-state index in [1.807, 2.05) is 0 Å². The fourth-order valence-electron chi connectivity index (χ4n) is 3.74. The van der Waals surface area contributed by atoms with Crippen LogP contribution in [0.15, 0.2) is 12.7 Å². The van der Waals surface area contributed by atoms with Gasteiger partial charge < -0.3 is 10.4 Å². The zero-order valence-corrected chi connectivity index (χ0v) is 19.1. The van der Waals surface area contributed by atoms with Crippen LogP contribution in [0.25, 0.3) is 0 Å². The molecule has 4 nitrogen and oxygen atoms in total. The SMILES string of the molecule is C=CC(=O)NC(CCCCCCCCCCCCCCCCCCCC)C(=O)O. The van der Waals surface area contributed by atoms with E-state index in [2.05, 4.69) is 18.8 Å². The van der Waals surface area contributed by atoms with Crippen molar-refractivity contribution in [3.8, 4) is 0 Å². The molecule has 2 N–H and O–H groups in total. The Morgan fingerprint density at radius 2 is 1.07 bits per heavy atom. The molecule has 0 aliphatic heterocycles. The lowest BCUT2D eigenvalue weighted by molar-refractivity contribution is -0.141. The number of carboxylic acid groups (broad SMARTS) is 1. The number of hydrogen-bond donors (Lipinski definition) is 2. The topological polar surface area (TPSA) is 66.4 Å². The summed E-state index contributed by atoms with van der Waals surface area (Å²) in [5, 5.41) is 11.6. The number of amides is 1. The molecule has 0 saturated carbocycles. The first-order valence-corrected chi connectivity index (χ1v) is 12.3. The Bertz CT molecular complexity index is 409. The molecular formula is C25H47NO3. The number of carbonyl (C=O) groups excluding carboxylic acids is 1. The first-order valence-electron chi connectivity index (χ1n) is 12.3. The molecule has 0 aliphatic rings. The highest BCUT2D eigenvalue weighted by Crippen LogP contribution is 2.14. The molecule has 1 amide bonds. The van der Waals surface area contributed by atoms with Crippen LogP contribution in [0.4, 0.5) is 0 Å². The number of nitrogens with one attached hydrogen (secondary N) is 1. The second-order valence-electron chi connectivity index (χ2n) is 8.40. The fraction of sp³-hybridized carbons (Fsp3) is 0.840. The number of hydrogen-bond acceptors (Lipinski definition) is 2. The highest BCUT2D eigenvalue weighted by molar-refractivity contribution is 5.90. The molecule has 170 valence electrons. The van der Waals surface area contributed by atoms with Gasteiger partial charge in [0.15, 0.2) is 0 Å². The molecule has 0 radical (unpaired) electrons. The lowest BCUT2D eigenvalue weighted by Crippen LogP contribution is -2.39. The van der Waals surface area contributed by atoms with Gasteiger partial charge in [-0.15, -0.1) is 0 Å². The minimum Gasteiger partial charge on any atom is -0.480 e. The summed E-state index contributed by atoms with van der Waals surface area (Å²) in [4.78, 5) is 22.3. The third-order valence-corrected chi connectivity index (χ3v) is 5.65. The summed E-state index contributed by atoms with van der Waals surface area (Å²) >= 11 is 0. The highest BCUT2D eigenvalue weighted by atomic mass is 16.4. The van der Waals surface area contributed by atoms with E-state index in [9.17, 15) is 9.59 Å². The van der Waals surface area contributed by atoms with E-state index in [0.717, 1.165) is 25.3 Å². The third-order valence-electron chi connectivity index (χ3n) is 5.65. The largest absolute Gasteiger partial charge is 0.480 e. The van der Waals surface area contributed by atoms with Crippen molar-refractivity contribution in [2.75, 3.05) is 0 Å². The molecule has 29 heavy (non-hydrogen) atoms. The Morgan fingerprint density at radius 3 is 1.38 bits per heavy atom. The fourth-order valence-corrected chi connectivity index (χ4v) is 3.74. The summed E-state index contributed by atoms with van der Waals surface area (Å²) < 4.78 is 0. The molecule has 1 unspecified atom stereocenters. The van der Waals surface area contributed by atoms with Gasteiger partial charge in [0, 0.05) is 0 Å². The van der Waals surface area contributed by atoms with Gasteiger partial charge in [0.2, 0.25) is 5.91 Å². The minimum absolute atomic E-state index is 0.417. The molecular weight excluding hydrogens is 362 g/mol. The van der Waals surface area contributed by atoms with Crippen molar-refractivity contribution in [3.05, 3.63) is 12.7 Å². The van der Waals surface area contributed by atoms with Crippen LogP contribution in [0.1, 0.15) is 129 Å². The Balaban J connectivity index is 3.30. The standard InChI is InChI=1S/C25H47NO3/c1-3-5-6-7-8-9-10-11-12-13-14-15-16-17-18-19-20-21-22-23(25(28)29)26-24(27)4-2/h4,23H,2-3,5-22H2,1H3,(H,26,27)(H,28,29). The van der Waals surface area contributed by atoms with Gasteiger partial charge in [-0.1, -0.05) is 129 Å². The molecule has 0 fully saturated rings. The van der Waals surface area contributed by atoms with Crippen molar-refractivity contribution in [2.24, 2.45) is 0 Å². The summed E-state index contributed by atoms with van der Waals surface area (Å²) in [6.45, 7) is 5.63. The van der Waals surface area contributed by atoms with Crippen molar-refractivity contribution in [2.45, 2.75) is 135 Å². The Kier molecular flexibility index (Phi) is 20.4. The van der Waals surface area contributed by atoms with Crippen LogP contribution >= 0.6 is 0 Å². The molecule has 0 heterocycles. The van der Waals surface area contributed by atoms with Gasteiger partial charge in [-0.3, -0.25) is 4.79 Å². The van der Waals surface area contributed by atoms with Gasteiger partial charge in [-0.25, -0.2) is 4.79 Å². The van der Waals surface area contributed by atoms with E-state index >= 15 is 0 Å². The lowest BCUT2D eigenvalue weighted by atomic mass is 10.0. The van der Waals surface area contributed by atoms with Crippen molar-refractivity contribution < 1.29 is 14.7 Å². The molecule has 0 aromatic carbocycles. The number of carbonyl (C=O) groups is 2. The molecule has 0 aromatic rings. The molecule has 0 spiro atoms. The summed E-state index contributed by atoms with van der Waals surface area (Å²) in [6.07, 6.45) is 25.3. The quantitative estimate of drug-likeness (QED) is 0.147. The van der Waals surface area contributed by atoms with E-state index in [4.69, 9.17) is 5.11 Å². The van der Waals surface area contributed by atoms with E-state index in [1.165, 1.54) is 96.3 Å². The zero-order valence-electron chi connectivity index (χ0n) is 19.1. The first kappa shape index (κ1) is 27.7. The summed E-state index contributed by atoms with van der Waals surface area (Å²) in [5.41, 5.74) is 0. The summed E-state index contributed by atoms with van der Waals surface area (Å²) in [6, 6.07) is -0.790. The first-order chi connectivity index (χ1) is 14.1. The van der Waals surface area contributed by atoms with Gasteiger partial charge in [-0.05, 0) is 12.5 Å². The van der Waals surface area contributed by atoms with Crippen LogP contribution in [-0.4, -0.2) is 23.0 Å². The average molecular weight is 410 g/mol. The van der Waals surface area contributed by atoms with Crippen molar-refractivity contribution in [1.29, 1.82) is 0 Å². The Morgan fingerprint density at radius 1 is 0.724 bits per heavy atom. The van der Waals surface area contributed by atoms with E-state index in [0.29, 0.717) is 6.42 Å². The molecule has 0 saturated heterocycles. The summed E-state index contributed by atoms with van der Waals surface area (Å²) in [5.74, 6) is -1.38. The number of aliphatic carboxylic acids is 1. The van der Waals surface area contributed by atoms with Crippen LogP contribution in [0.5, 0.6) is 0 Å². The third kappa shape index (κ3) is 19.8. The molecule has 0 bridgehead atoms. The maximum absolute atomic E-state index is 11.2. The maximum atomic E-state index is 11.2. The van der Waals surface area contributed by atoms with Crippen LogP contribution in [0.2, 0.25) is 0 Å². The molecule has 0 aromatic heterocycles. The van der Waals surface area contributed by atoms with Crippen LogP contribution in [0.3, 0.4) is 0 Å². The summed E-state index contributed by atoms with van der Waals surface area (Å²) in [7, 11) is 0. The van der Waals surface area contributed by atoms with E-state index < -0.39 is 17.9 Å². The van der Waals surface area contributed by atoms with Crippen LogP contribution in [0, 0.1) is 0 Å². The van der Waals surface area contributed by atoms with E-state index in [-0.39, 0.29) is 0 Å². The Labute approximate surface area is 179 Å². The van der Waals surface area contributed by atoms with Crippen molar-refractivity contribution in [1.82, 2.24) is 5.32 Å². The monoisotopic (exact) mass is 409 g/mol. The molecule has 0 rings (SSSR count). The van der Waals surface area contributed by atoms with Gasteiger partial charge in [0.1, 0.15) is 6.04 Å². The lowest BCUT2D eigenvalue weighted by Gasteiger charge is -2.12. The highest BCUT2D eigenvalue weighted by Gasteiger charge is 2.17. The predicted molar refractivity (Wildman–Crippen MR) is 123 cm³/mol. The normalized spacial score (nSPS) is 11.9. The predicted octanol–water partition coefficient (Wildman–Crippen LogP) is 7.17. The number of unbranched alkanes of at least 4 members (excludes halogenated alkanes) is 17. The second kappa shape index (κ2) is 21.4. The van der Waals surface area contributed by atoms with Crippen LogP contribution in [-0.2, 0) is 9.59 Å². The van der Waals surface area contributed by atoms with Crippen molar-refractivity contribution >= 4 is 11.9 Å². The van der Waals surface area contributed by atoms with Gasteiger partial charge >= 0.3 is 5.97 Å². The van der Waals surface area contributed by atoms with Gasteiger partial charge in [0.25, 0.3) is 0 Å². The second-order valence-corrected chi connectivity index (χ2v) is 8.40. The minimum atomic E-state index is -0.966. The Hall–Kier alpha value is -1.32. The van der Waals surface area contributed by atoms with Crippen LogP contribution < -0.4 is 5.32 Å². The van der Waals surface area contributed by atoms with Gasteiger partial charge in [-0.2, -0.15) is 0 Å². The zero-order chi connectivity index (χ0) is 21.6. The average Bonchev–Trinajstić information content (AvgIpc) is 2.71. The van der Waals surface area contributed by atoms with E-state index in [1.54, 1.807) is 0 Å².